The quantitative estimate of drug-likeness (QED) is 0.233. The summed E-state index contributed by atoms with van der Waals surface area (Å²) >= 11 is 0. The van der Waals surface area contributed by atoms with Gasteiger partial charge < -0.3 is 14.7 Å². The Bertz CT molecular complexity index is 1240. The fourth-order valence-corrected chi connectivity index (χ4v) is 3.45. The third-order valence-corrected chi connectivity index (χ3v) is 5.09. The van der Waals surface area contributed by atoms with Gasteiger partial charge in [0, 0.05) is 37.0 Å². The van der Waals surface area contributed by atoms with Crippen LogP contribution in [0.2, 0.25) is 0 Å². The number of benzene rings is 1. The molecule has 0 atom stereocenters. The number of imidazole rings is 1. The van der Waals surface area contributed by atoms with Gasteiger partial charge in [0.25, 0.3) is 0 Å². The van der Waals surface area contributed by atoms with Gasteiger partial charge >= 0.3 is 0 Å². The van der Waals surface area contributed by atoms with Crippen molar-refractivity contribution in [2.75, 3.05) is 27.2 Å². The van der Waals surface area contributed by atoms with Gasteiger partial charge in [-0.05, 0) is 50.0 Å². The number of hydrogen-bond donors (Lipinski definition) is 3. The monoisotopic (exact) mass is 456 g/mol. The summed E-state index contributed by atoms with van der Waals surface area (Å²) < 4.78 is 31.5. The first-order chi connectivity index (χ1) is 15.5. The van der Waals surface area contributed by atoms with Crippen LogP contribution in [0.25, 0.3) is 28.3 Å². The molecule has 2 N–H and O–H groups in total. The van der Waals surface area contributed by atoms with Gasteiger partial charge in [-0.3, -0.25) is 0 Å². The van der Waals surface area contributed by atoms with Crippen LogP contribution in [-0.4, -0.2) is 65.2 Å². The summed E-state index contributed by atoms with van der Waals surface area (Å²) in [7, 11) is 1.30. The van der Waals surface area contributed by atoms with Crippen molar-refractivity contribution >= 4 is 16.5 Å². The van der Waals surface area contributed by atoms with Crippen molar-refractivity contribution in [3.63, 3.8) is 0 Å². The number of thiol groups is 1. The van der Waals surface area contributed by atoms with Gasteiger partial charge in [0.1, 0.15) is 0 Å². The number of fused-ring (bicyclic) bond motifs is 1. The van der Waals surface area contributed by atoms with Gasteiger partial charge in [0.15, 0.2) is 5.65 Å². The van der Waals surface area contributed by atoms with E-state index in [1.807, 2.05) is 50.6 Å². The van der Waals surface area contributed by atoms with Crippen molar-refractivity contribution in [3.05, 3.63) is 54.2 Å². The second kappa shape index (κ2) is 9.96. The van der Waals surface area contributed by atoms with Gasteiger partial charge in [-0.1, -0.05) is 5.16 Å². The van der Waals surface area contributed by atoms with Crippen LogP contribution >= 0.6 is 0 Å². The van der Waals surface area contributed by atoms with Gasteiger partial charge in [0.2, 0.25) is 22.6 Å². The minimum Gasteiger partial charge on any atom is -0.338 e. The Kier molecular flexibility index (Phi) is 6.85. The first kappa shape index (κ1) is 22.0. The van der Waals surface area contributed by atoms with Crippen LogP contribution in [0.4, 0.5) is 0 Å². The van der Waals surface area contributed by atoms with Gasteiger partial charge in [-0.25, -0.2) is 22.6 Å². The highest BCUT2D eigenvalue weighted by Crippen LogP contribution is 2.27. The molecule has 0 aliphatic heterocycles. The predicted molar refractivity (Wildman–Crippen MR) is 119 cm³/mol. The van der Waals surface area contributed by atoms with Crippen LogP contribution in [0.3, 0.4) is 0 Å². The lowest BCUT2D eigenvalue weighted by Gasteiger charge is -2.08. The molecule has 1 aromatic carbocycles. The summed E-state index contributed by atoms with van der Waals surface area (Å²) in [5, 5.41) is 11.6. The van der Waals surface area contributed by atoms with E-state index in [9.17, 15) is 8.42 Å². The highest BCUT2D eigenvalue weighted by atomic mass is 32.2. The van der Waals surface area contributed by atoms with Crippen molar-refractivity contribution in [1.82, 2.24) is 39.7 Å². The van der Waals surface area contributed by atoms with Crippen LogP contribution in [0.5, 0.6) is 0 Å². The van der Waals surface area contributed by atoms with Gasteiger partial charge in [-0.2, -0.15) is 10.1 Å². The molecule has 0 radical (unpaired) electrons. The molecular formula is C20H24N8O3S. The molecule has 32 heavy (non-hydrogen) atoms. The molecule has 3 heterocycles. The van der Waals surface area contributed by atoms with E-state index >= 15 is 0 Å². The zero-order chi connectivity index (χ0) is 22.5. The number of likely N-dealkylation sites (N-methyl/N-ethyl adjacent to an activating group) is 1. The van der Waals surface area contributed by atoms with E-state index in [0.29, 0.717) is 35.2 Å². The molecular weight excluding hydrogens is 432 g/mol. The summed E-state index contributed by atoms with van der Waals surface area (Å²) in [5.41, 5.74) is 3.65. The second-order valence-corrected chi connectivity index (χ2v) is 8.29. The van der Waals surface area contributed by atoms with Crippen molar-refractivity contribution in [3.8, 4) is 22.6 Å². The third kappa shape index (κ3) is 5.53. The highest BCUT2D eigenvalue weighted by molar-refractivity contribution is 7.70. The van der Waals surface area contributed by atoms with Crippen LogP contribution in [0.1, 0.15) is 11.5 Å². The maximum atomic E-state index is 11.0. The molecule has 12 heteroatoms. The SMILES string of the molecule is CN(C)CCNCc1nc(-c2cc(CN[SH](=O)=O)cc(-c3cn4ncccc4n3)c2)no1. The molecule has 168 valence electrons. The van der Waals surface area contributed by atoms with Crippen LogP contribution in [-0.2, 0) is 24.0 Å². The smallest absolute Gasteiger partial charge is 0.240 e. The van der Waals surface area contributed by atoms with E-state index in [4.69, 9.17) is 4.52 Å². The molecule has 0 saturated carbocycles. The predicted octanol–water partition coefficient (Wildman–Crippen LogP) is 0.714. The minimum atomic E-state index is -2.72. The standard InChI is InChI=1S/C20H24N8O3S/c1-27(2)7-6-21-12-19-25-20(26-31-19)16-9-14(11-23-32(29)30)8-15(10-16)17-13-28-18(24-17)4-3-5-22-28/h3-5,8-10,13,21,32H,6-7,11-12H2,1-2H3,(H,23,29,30). The number of rotatable bonds is 10. The molecule has 0 aliphatic rings. The van der Waals surface area contributed by atoms with E-state index in [0.717, 1.165) is 24.2 Å². The molecule has 3 aromatic heterocycles. The Morgan fingerprint density at radius 3 is 2.75 bits per heavy atom. The Morgan fingerprint density at radius 2 is 1.97 bits per heavy atom. The van der Waals surface area contributed by atoms with Crippen molar-refractivity contribution in [2.45, 2.75) is 13.1 Å². The van der Waals surface area contributed by atoms with Crippen LogP contribution in [0, 0.1) is 0 Å². The van der Waals surface area contributed by atoms with E-state index in [-0.39, 0.29) is 6.54 Å². The Hall–Kier alpha value is -3.19. The minimum absolute atomic E-state index is 0.141. The molecule has 0 spiro atoms. The Balaban J connectivity index is 1.62. The van der Waals surface area contributed by atoms with E-state index < -0.39 is 10.9 Å². The second-order valence-electron chi connectivity index (χ2n) is 7.45. The zero-order valence-electron chi connectivity index (χ0n) is 17.7. The molecule has 0 fully saturated rings. The van der Waals surface area contributed by atoms with Crippen molar-refractivity contribution in [2.24, 2.45) is 0 Å². The summed E-state index contributed by atoms with van der Waals surface area (Å²) in [5.74, 6) is 0.898. The average molecular weight is 457 g/mol. The molecule has 4 rings (SSSR count). The molecule has 0 bridgehead atoms. The molecule has 0 saturated heterocycles. The summed E-state index contributed by atoms with van der Waals surface area (Å²) in [6.07, 6.45) is 3.50. The number of aromatic nitrogens is 5. The van der Waals surface area contributed by atoms with E-state index in [1.165, 1.54) is 0 Å². The first-order valence-corrected chi connectivity index (χ1v) is 11.2. The summed E-state index contributed by atoms with van der Waals surface area (Å²) in [6, 6.07) is 9.28. The number of nitrogens with one attached hydrogen (secondary N) is 2. The molecule has 0 unspecified atom stereocenters. The maximum Gasteiger partial charge on any atom is 0.240 e. The zero-order valence-corrected chi connectivity index (χ0v) is 18.6. The summed E-state index contributed by atoms with van der Waals surface area (Å²) in [4.78, 5) is 11.2. The molecule has 0 aliphatic carbocycles. The van der Waals surface area contributed by atoms with E-state index in [1.54, 1.807) is 10.7 Å². The lowest BCUT2D eigenvalue weighted by Crippen LogP contribution is -2.26. The topological polar surface area (TPSA) is 131 Å². The van der Waals surface area contributed by atoms with Crippen LogP contribution < -0.4 is 10.0 Å². The highest BCUT2D eigenvalue weighted by Gasteiger charge is 2.13. The number of nitrogens with zero attached hydrogens (tertiary/aromatic N) is 6. The molecule has 0 amide bonds. The normalized spacial score (nSPS) is 11.8. The third-order valence-electron chi connectivity index (χ3n) is 4.68. The van der Waals surface area contributed by atoms with Crippen molar-refractivity contribution < 1.29 is 12.9 Å². The molecule has 11 nitrogen and oxygen atoms in total. The van der Waals surface area contributed by atoms with Crippen LogP contribution in [0.15, 0.2) is 47.2 Å². The maximum absolute atomic E-state index is 11.0. The Labute approximate surface area is 186 Å². The lowest BCUT2D eigenvalue weighted by molar-refractivity contribution is 0.355. The number of hydrogen-bond acceptors (Lipinski definition) is 9. The lowest BCUT2D eigenvalue weighted by atomic mass is 10.0. The molecule has 4 aromatic rings. The van der Waals surface area contributed by atoms with Crippen molar-refractivity contribution in [1.29, 1.82) is 0 Å². The largest absolute Gasteiger partial charge is 0.338 e. The fourth-order valence-electron chi connectivity index (χ4n) is 3.14. The Morgan fingerprint density at radius 1 is 1.12 bits per heavy atom. The van der Waals surface area contributed by atoms with Gasteiger partial charge in [-0.15, -0.1) is 0 Å². The van der Waals surface area contributed by atoms with E-state index in [2.05, 4.69) is 35.2 Å². The average Bonchev–Trinajstić information content (AvgIpc) is 3.42. The first-order valence-electron chi connectivity index (χ1n) is 9.99. The fraction of sp³-hybridized carbons (Fsp3) is 0.300. The van der Waals surface area contributed by atoms with Gasteiger partial charge in [0.05, 0.1) is 18.4 Å². The summed E-state index contributed by atoms with van der Waals surface area (Å²) in [6.45, 7) is 2.30.